The molecule has 0 aromatic carbocycles. The molecule has 2 rings (SSSR count). The highest BCUT2D eigenvalue weighted by atomic mass is 32.2. The summed E-state index contributed by atoms with van der Waals surface area (Å²) in [5.74, 6) is -0.960. The van der Waals surface area contributed by atoms with E-state index in [-0.39, 0.29) is 24.0 Å². The van der Waals surface area contributed by atoms with E-state index in [1.165, 1.54) is 11.3 Å². The van der Waals surface area contributed by atoms with Crippen molar-refractivity contribution in [2.45, 2.75) is 25.4 Å². The molecule has 0 saturated carbocycles. The van der Waals surface area contributed by atoms with Gasteiger partial charge in [0, 0.05) is 29.7 Å². The molecule has 1 aromatic heterocycles. The monoisotopic (exact) mass is 304 g/mol. The van der Waals surface area contributed by atoms with Gasteiger partial charge in [-0.1, -0.05) is 0 Å². The first-order valence-electron chi connectivity index (χ1n) is 5.95. The predicted octanol–water partition coefficient (Wildman–Crippen LogP) is 0.778. The topological polar surface area (TPSA) is 87.6 Å². The lowest BCUT2D eigenvalue weighted by Crippen LogP contribution is -2.50. The van der Waals surface area contributed by atoms with Crippen molar-refractivity contribution >= 4 is 27.1 Å². The van der Waals surface area contributed by atoms with Crippen LogP contribution in [0, 0.1) is 0 Å². The zero-order chi connectivity index (χ0) is 14.0. The largest absolute Gasteiger partial charge is 0.481 e. The number of nitrogens with zero attached hydrogens (tertiary/aromatic N) is 2. The van der Waals surface area contributed by atoms with Crippen LogP contribution >= 0.6 is 11.3 Å². The first-order valence-corrected chi connectivity index (χ1v) is 8.65. The molecular weight excluding hydrogens is 288 g/mol. The summed E-state index contributed by atoms with van der Waals surface area (Å²) in [5, 5.41) is 8.93. The summed E-state index contributed by atoms with van der Waals surface area (Å²) in [5.41, 5.74) is 1.72. The van der Waals surface area contributed by atoms with Crippen LogP contribution < -0.4 is 0 Å². The number of carbonyl (C=O) groups is 1. The van der Waals surface area contributed by atoms with Crippen LogP contribution in [0.3, 0.4) is 0 Å². The molecule has 0 spiro atoms. The Morgan fingerprint density at radius 3 is 3.00 bits per heavy atom. The van der Waals surface area contributed by atoms with Gasteiger partial charge in [-0.05, 0) is 6.92 Å². The number of thiazole rings is 1. The van der Waals surface area contributed by atoms with Crippen LogP contribution in [0.4, 0.5) is 0 Å². The number of aromatic nitrogens is 1. The van der Waals surface area contributed by atoms with Gasteiger partial charge < -0.3 is 5.11 Å². The fourth-order valence-electron chi connectivity index (χ4n) is 2.38. The Kier molecular flexibility index (Phi) is 4.22. The van der Waals surface area contributed by atoms with Gasteiger partial charge in [-0.2, -0.15) is 0 Å². The number of carboxylic acids is 1. The van der Waals surface area contributed by atoms with E-state index in [0.717, 1.165) is 4.88 Å². The smallest absolute Gasteiger partial charge is 0.304 e. The summed E-state index contributed by atoms with van der Waals surface area (Å²) in [4.78, 5) is 17.9. The van der Waals surface area contributed by atoms with Crippen molar-refractivity contribution in [2.24, 2.45) is 0 Å². The average molecular weight is 304 g/mol. The standard InChI is InChI=1S/C11H16N2O4S2/c1-8(10-5-12-7-18-10)13-2-3-19(16,17)6-9(13)4-11(14)15/h5,7-9H,2-4,6H2,1H3,(H,14,15). The zero-order valence-electron chi connectivity index (χ0n) is 10.5. The normalized spacial score (nSPS) is 25.0. The Balaban J connectivity index is 2.19. The summed E-state index contributed by atoms with van der Waals surface area (Å²) in [6.45, 7) is 2.33. The van der Waals surface area contributed by atoms with Gasteiger partial charge in [-0.15, -0.1) is 11.3 Å². The highest BCUT2D eigenvalue weighted by Crippen LogP contribution is 2.29. The lowest BCUT2D eigenvalue weighted by atomic mass is 10.1. The molecule has 0 radical (unpaired) electrons. The van der Waals surface area contributed by atoms with Crippen LogP contribution in [-0.4, -0.2) is 53.5 Å². The third-order valence-electron chi connectivity index (χ3n) is 3.35. The van der Waals surface area contributed by atoms with Gasteiger partial charge in [-0.25, -0.2) is 8.42 Å². The summed E-state index contributed by atoms with van der Waals surface area (Å²) >= 11 is 1.50. The maximum absolute atomic E-state index is 11.7. The van der Waals surface area contributed by atoms with Crippen molar-refractivity contribution in [1.29, 1.82) is 0 Å². The van der Waals surface area contributed by atoms with Crippen molar-refractivity contribution in [1.82, 2.24) is 9.88 Å². The Bertz CT molecular complexity index is 541. The molecule has 2 heterocycles. The molecule has 1 saturated heterocycles. The van der Waals surface area contributed by atoms with E-state index in [0.29, 0.717) is 6.54 Å². The third-order valence-corrected chi connectivity index (χ3v) is 5.99. The fraction of sp³-hybridized carbons (Fsp3) is 0.636. The average Bonchev–Trinajstić information content (AvgIpc) is 2.79. The summed E-state index contributed by atoms with van der Waals surface area (Å²) in [6.07, 6.45) is 1.60. The van der Waals surface area contributed by atoms with E-state index < -0.39 is 21.8 Å². The van der Waals surface area contributed by atoms with E-state index in [2.05, 4.69) is 4.98 Å². The van der Waals surface area contributed by atoms with Crippen molar-refractivity contribution in [3.8, 4) is 0 Å². The first kappa shape index (κ1) is 14.4. The molecule has 1 aromatic rings. The maximum Gasteiger partial charge on any atom is 0.304 e. The number of hydrogen-bond donors (Lipinski definition) is 1. The zero-order valence-corrected chi connectivity index (χ0v) is 12.2. The van der Waals surface area contributed by atoms with E-state index in [9.17, 15) is 13.2 Å². The number of hydrogen-bond acceptors (Lipinski definition) is 6. The second-order valence-corrected chi connectivity index (χ2v) is 7.83. The molecule has 2 atom stereocenters. The molecule has 106 valence electrons. The maximum atomic E-state index is 11.7. The molecular formula is C11H16N2O4S2. The third kappa shape index (κ3) is 3.52. The molecule has 0 bridgehead atoms. The highest BCUT2D eigenvalue weighted by molar-refractivity contribution is 7.91. The minimum atomic E-state index is -3.13. The summed E-state index contributed by atoms with van der Waals surface area (Å²) in [6, 6.07) is -0.472. The van der Waals surface area contributed by atoms with Crippen molar-refractivity contribution in [3.05, 3.63) is 16.6 Å². The van der Waals surface area contributed by atoms with Crippen LogP contribution in [-0.2, 0) is 14.6 Å². The molecule has 1 N–H and O–H groups in total. The molecule has 19 heavy (non-hydrogen) atoms. The van der Waals surface area contributed by atoms with Crippen LogP contribution in [0.25, 0.3) is 0 Å². The quantitative estimate of drug-likeness (QED) is 0.884. The van der Waals surface area contributed by atoms with Crippen LogP contribution in [0.2, 0.25) is 0 Å². The molecule has 8 heteroatoms. The number of carboxylic acid groups (broad SMARTS) is 1. The van der Waals surface area contributed by atoms with Gasteiger partial charge in [0.1, 0.15) is 0 Å². The number of rotatable bonds is 4. The van der Waals surface area contributed by atoms with E-state index in [1.54, 1.807) is 11.7 Å². The Labute approximate surface area is 116 Å². The van der Waals surface area contributed by atoms with Crippen LogP contribution in [0.1, 0.15) is 24.3 Å². The van der Waals surface area contributed by atoms with Crippen molar-refractivity contribution in [3.63, 3.8) is 0 Å². The predicted molar refractivity (Wildman–Crippen MR) is 71.9 cm³/mol. The lowest BCUT2D eigenvalue weighted by molar-refractivity contribution is -0.138. The van der Waals surface area contributed by atoms with Gasteiger partial charge in [0.15, 0.2) is 9.84 Å². The molecule has 1 fully saturated rings. The molecule has 1 aliphatic rings. The fourth-order valence-corrected chi connectivity index (χ4v) is 4.63. The van der Waals surface area contributed by atoms with Gasteiger partial charge >= 0.3 is 5.97 Å². The Morgan fingerprint density at radius 2 is 2.42 bits per heavy atom. The van der Waals surface area contributed by atoms with Gasteiger partial charge in [0.25, 0.3) is 0 Å². The second kappa shape index (κ2) is 5.56. The van der Waals surface area contributed by atoms with Gasteiger partial charge in [0.2, 0.25) is 0 Å². The Morgan fingerprint density at radius 1 is 1.68 bits per heavy atom. The second-order valence-electron chi connectivity index (χ2n) is 4.68. The van der Waals surface area contributed by atoms with Crippen LogP contribution in [0.5, 0.6) is 0 Å². The van der Waals surface area contributed by atoms with Gasteiger partial charge in [0.05, 0.1) is 23.4 Å². The van der Waals surface area contributed by atoms with Crippen molar-refractivity contribution < 1.29 is 18.3 Å². The SMILES string of the molecule is CC(c1cncs1)N1CCS(=O)(=O)CC1CC(=O)O. The molecule has 0 aliphatic carbocycles. The van der Waals surface area contributed by atoms with E-state index >= 15 is 0 Å². The number of aliphatic carboxylic acids is 1. The summed E-state index contributed by atoms with van der Waals surface area (Å²) in [7, 11) is -3.13. The van der Waals surface area contributed by atoms with E-state index in [4.69, 9.17) is 5.11 Å². The van der Waals surface area contributed by atoms with Gasteiger partial charge in [-0.3, -0.25) is 14.7 Å². The molecule has 1 aliphatic heterocycles. The van der Waals surface area contributed by atoms with Crippen molar-refractivity contribution in [2.75, 3.05) is 18.1 Å². The Hall–Kier alpha value is -0.990. The van der Waals surface area contributed by atoms with Crippen LogP contribution in [0.15, 0.2) is 11.7 Å². The first-order chi connectivity index (χ1) is 8.89. The molecule has 6 nitrogen and oxygen atoms in total. The minimum absolute atomic E-state index is 0.00708. The minimum Gasteiger partial charge on any atom is -0.481 e. The molecule has 0 amide bonds. The lowest BCUT2D eigenvalue weighted by Gasteiger charge is -2.38. The summed E-state index contributed by atoms with van der Waals surface area (Å²) < 4.78 is 23.3. The molecule has 2 unspecified atom stereocenters. The number of sulfone groups is 1. The van der Waals surface area contributed by atoms with E-state index in [1.807, 2.05) is 11.8 Å². The highest BCUT2D eigenvalue weighted by Gasteiger charge is 2.35.